The Balaban J connectivity index is 2.45. The third-order valence-electron chi connectivity index (χ3n) is 8.39. The number of carbonyl (C=O) groups excluding carboxylic acids is 3. The van der Waals surface area contributed by atoms with Crippen molar-refractivity contribution in [1.29, 1.82) is 0 Å². The van der Waals surface area contributed by atoms with Crippen molar-refractivity contribution >= 4 is 29.6 Å². The molecule has 0 spiro atoms. The molecule has 0 aliphatic rings. The Morgan fingerprint density at radius 1 is 0.723 bits per heavy atom. The summed E-state index contributed by atoms with van der Waals surface area (Å²) in [4.78, 5) is 37.8. The number of phenolic OH excluding ortho intramolecular Hbond substituents is 1. The predicted molar refractivity (Wildman–Crippen MR) is 194 cm³/mol. The summed E-state index contributed by atoms with van der Waals surface area (Å²) in [5.41, 5.74) is 7.03. The lowest BCUT2D eigenvalue weighted by molar-refractivity contribution is -0.157. The van der Waals surface area contributed by atoms with Crippen molar-refractivity contribution in [1.82, 2.24) is 5.32 Å². The maximum Gasteiger partial charge on any atom is 0.306 e. The molecule has 9 heteroatoms. The number of thioether (sulfide) groups is 1. The van der Waals surface area contributed by atoms with E-state index in [1.807, 2.05) is 6.92 Å². The zero-order chi connectivity index (χ0) is 34.5. The quantitative estimate of drug-likeness (QED) is 0.0544. The highest BCUT2D eigenvalue weighted by molar-refractivity contribution is 7.99. The van der Waals surface area contributed by atoms with Gasteiger partial charge in [-0.2, -0.15) is 11.8 Å². The molecule has 0 heterocycles. The molecule has 0 aliphatic carbocycles. The van der Waals surface area contributed by atoms with Gasteiger partial charge in [0.25, 0.3) is 0 Å². The third kappa shape index (κ3) is 23.7. The number of benzene rings is 1. The summed E-state index contributed by atoms with van der Waals surface area (Å²) in [6.07, 6.45) is 21.2. The van der Waals surface area contributed by atoms with Crippen LogP contribution in [0.2, 0.25) is 0 Å². The number of aromatic hydroxyl groups is 1. The molecule has 4 N–H and O–H groups in total. The van der Waals surface area contributed by atoms with Gasteiger partial charge in [-0.05, 0) is 37.5 Å². The van der Waals surface area contributed by atoms with Gasteiger partial charge in [-0.25, -0.2) is 0 Å². The second-order valence-electron chi connectivity index (χ2n) is 12.9. The number of phenols is 1. The lowest BCUT2D eigenvalue weighted by atomic mass is 10.1. The van der Waals surface area contributed by atoms with Gasteiger partial charge < -0.3 is 25.6 Å². The topological polar surface area (TPSA) is 128 Å². The summed E-state index contributed by atoms with van der Waals surface area (Å²) in [6.45, 7) is 6.31. The van der Waals surface area contributed by atoms with E-state index in [1.54, 1.807) is 24.3 Å². The number of unbranched alkanes of at least 4 members (excludes halogenated alkanes) is 16. The van der Waals surface area contributed by atoms with E-state index in [4.69, 9.17) is 15.2 Å². The lowest BCUT2D eigenvalue weighted by Crippen LogP contribution is -2.43. The van der Waals surface area contributed by atoms with Crippen LogP contribution in [0, 0.1) is 0 Å². The molecule has 8 nitrogen and oxygen atoms in total. The zero-order valence-corrected chi connectivity index (χ0v) is 30.6. The van der Waals surface area contributed by atoms with E-state index in [-0.39, 0.29) is 36.2 Å². The van der Waals surface area contributed by atoms with Gasteiger partial charge in [0.2, 0.25) is 5.91 Å². The van der Waals surface area contributed by atoms with Crippen LogP contribution in [0.15, 0.2) is 24.3 Å². The first-order valence-corrected chi connectivity index (χ1v) is 19.7. The summed E-state index contributed by atoms with van der Waals surface area (Å²) in [5.74, 6) is 0.0359. The van der Waals surface area contributed by atoms with E-state index in [2.05, 4.69) is 19.2 Å². The molecule has 3 atom stereocenters. The van der Waals surface area contributed by atoms with Gasteiger partial charge in [0.05, 0.1) is 12.1 Å². The fourth-order valence-electron chi connectivity index (χ4n) is 5.35. The number of nitrogens with two attached hydrogens (primary N) is 1. The van der Waals surface area contributed by atoms with E-state index in [0.29, 0.717) is 24.3 Å². The third-order valence-corrected chi connectivity index (χ3v) is 9.59. The SMILES string of the molecule is CCCCCCCCCCCC(=O)OC[C@H](CSC[C@@H](N)C(=O)NC(C)c1ccc(O)cc1)OC(=O)CCCCCCCCCCC. The Hall–Kier alpha value is -2.26. The molecule has 1 aromatic rings. The molecule has 270 valence electrons. The number of amides is 1. The molecule has 0 fully saturated rings. The van der Waals surface area contributed by atoms with Gasteiger partial charge in [-0.1, -0.05) is 129 Å². The fourth-order valence-corrected chi connectivity index (χ4v) is 6.32. The smallest absolute Gasteiger partial charge is 0.306 e. The monoisotopic (exact) mass is 678 g/mol. The summed E-state index contributed by atoms with van der Waals surface area (Å²) in [5, 5.41) is 12.4. The molecular weight excluding hydrogens is 612 g/mol. The average molecular weight is 679 g/mol. The molecule has 0 aliphatic heterocycles. The molecular formula is C38H66N2O6S. The van der Waals surface area contributed by atoms with E-state index in [0.717, 1.165) is 44.1 Å². The van der Waals surface area contributed by atoms with Crippen LogP contribution in [0.1, 0.15) is 161 Å². The van der Waals surface area contributed by atoms with Crippen molar-refractivity contribution in [3.8, 4) is 5.75 Å². The predicted octanol–water partition coefficient (Wildman–Crippen LogP) is 8.93. The number of nitrogens with one attached hydrogen (secondary N) is 1. The highest BCUT2D eigenvalue weighted by atomic mass is 32.2. The largest absolute Gasteiger partial charge is 0.508 e. The Bertz CT molecular complexity index is 945. The Labute approximate surface area is 290 Å². The van der Waals surface area contributed by atoms with Crippen LogP contribution in [0.5, 0.6) is 5.75 Å². The van der Waals surface area contributed by atoms with Crippen molar-refractivity contribution in [2.45, 2.75) is 167 Å². The molecule has 0 bridgehead atoms. The summed E-state index contributed by atoms with van der Waals surface area (Å²) < 4.78 is 11.3. The summed E-state index contributed by atoms with van der Waals surface area (Å²) in [6, 6.07) is 5.64. The number of carbonyl (C=O) groups is 3. The Kier molecular flexibility index (Phi) is 26.1. The van der Waals surface area contributed by atoms with Crippen LogP contribution >= 0.6 is 11.8 Å². The Morgan fingerprint density at radius 2 is 1.19 bits per heavy atom. The second-order valence-corrected chi connectivity index (χ2v) is 14.0. The highest BCUT2D eigenvalue weighted by Crippen LogP contribution is 2.18. The van der Waals surface area contributed by atoms with Gasteiger partial charge in [-0.3, -0.25) is 14.4 Å². The van der Waals surface area contributed by atoms with Gasteiger partial charge in [-0.15, -0.1) is 0 Å². The zero-order valence-electron chi connectivity index (χ0n) is 29.8. The van der Waals surface area contributed by atoms with Gasteiger partial charge in [0.15, 0.2) is 0 Å². The standard InChI is InChI=1S/C38H66N2O6S/c1-4-6-8-10-12-14-16-18-20-22-36(42)45-28-34(46-37(43)23-21-19-17-15-13-11-9-7-5-2)29-47-30-35(39)38(44)40-31(3)32-24-26-33(41)27-25-32/h24-27,31,34-35,41H,4-23,28-30,39H2,1-3H3,(H,40,44)/t31?,34-,35-/m1/s1. The van der Waals surface area contributed by atoms with E-state index in [9.17, 15) is 19.5 Å². The van der Waals surface area contributed by atoms with Crippen LogP contribution < -0.4 is 11.1 Å². The molecule has 1 amide bonds. The summed E-state index contributed by atoms with van der Waals surface area (Å²) in [7, 11) is 0. The molecule has 0 saturated carbocycles. The average Bonchev–Trinajstić information content (AvgIpc) is 3.05. The maximum absolute atomic E-state index is 12.7. The minimum absolute atomic E-state index is 0.00603. The van der Waals surface area contributed by atoms with E-state index in [1.165, 1.54) is 88.8 Å². The highest BCUT2D eigenvalue weighted by Gasteiger charge is 2.21. The molecule has 47 heavy (non-hydrogen) atoms. The van der Waals surface area contributed by atoms with Crippen LogP contribution in [-0.2, 0) is 23.9 Å². The Morgan fingerprint density at radius 3 is 1.70 bits per heavy atom. The molecule has 1 aromatic carbocycles. The normalized spacial score (nSPS) is 13.1. The van der Waals surface area contributed by atoms with Crippen LogP contribution in [0.4, 0.5) is 0 Å². The van der Waals surface area contributed by atoms with Crippen LogP contribution in [0.25, 0.3) is 0 Å². The van der Waals surface area contributed by atoms with Crippen molar-refractivity contribution < 1.29 is 29.0 Å². The first kappa shape index (κ1) is 42.8. The molecule has 0 saturated heterocycles. The van der Waals surface area contributed by atoms with Crippen LogP contribution in [-0.4, -0.2) is 53.2 Å². The molecule has 0 aromatic heterocycles. The van der Waals surface area contributed by atoms with Crippen molar-refractivity contribution in [3.63, 3.8) is 0 Å². The van der Waals surface area contributed by atoms with Crippen molar-refractivity contribution in [2.24, 2.45) is 5.73 Å². The van der Waals surface area contributed by atoms with E-state index >= 15 is 0 Å². The molecule has 1 unspecified atom stereocenters. The first-order valence-electron chi connectivity index (χ1n) is 18.5. The minimum atomic E-state index is -0.757. The number of rotatable bonds is 30. The fraction of sp³-hybridized carbons (Fsp3) is 0.763. The summed E-state index contributed by atoms with van der Waals surface area (Å²) >= 11 is 1.41. The molecule has 1 rings (SSSR count). The molecule has 0 radical (unpaired) electrons. The first-order chi connectivity index (χ1) is 22.8. The van der Waals surface area contributed by atoms with Crippen molar-refractivity contribution in [3.05, 3.63) is 29.8 Å². The van der Waals surface area contributed by atoms with Crippen LogP contribution in [0.3, 0.4) is 0 Å². The second kappa shape index (κ2) is 28.7. The maximum atomic E-state index is 12.7. The number of hydrogen-bond donors (Lipinski definition) is 3. The lowest BCUT2D eigenvalue weighted by Gasteiger charge is -2.20. The van der Waals surface area contributed by atoms with Gasteiger partial charge in [0, 0.05) is 24.3 Å². The van der Waals surface area contributed by atoms with Crippen molar-refractivity contribution in [2.75, 3.05) is 18.1 Å². The number of esters is 2. The minimum Gasteiger partial charge on any atom is -0.508 e. The van der Waals surface area contributed by atoms with Gasteiger partial charge in [0.1, 0.15) is 18.5 Å². The number of hydrogen-bond acceptors (Lipinski definition) is 8. The van der Waals surface area contributed by atoms with E-state index < -0.39 is 12.1 Å². The van der Waals surface area contributed by atoms with Gasteiger partial charge >= 0.3 is 11.9 Å². The number of ether oxygens (including phenoxy) is 2.